The van der Waals surface area contributed by atoms with Gasteiger partial charge in [0.25, 0.3) is 0 Å². The summed E-state index contributed by atoms with van der Waals surface area (Å²) in [4.78, 5) is 12.5. The summed E-state index contributed by atoms with van der Waals surface area (Å²) in [5, 5.41) is 3.02. The summed E-state index contributed by atoms with van der Waals surface area (Å²) in [6.07, 6.45) is 1.55. The van der Waals surface area contributed by atoms with E-state index in [0.717, 1.165) is 5.56 Å². The molecule has 28 heavy (non-hydrogen) atoms. The largest absolute Gasteiger partial charge is 0.494 e. The number of rotatable bonds is 7. The van der Waals surface area contributed by atoms with E-state index in [4.69, 9.17) is 4.74 Å². The van der Waals surface area contributed by atoms with Crippen LogP contribution in [-0.2, 0) is 21.2 Å². The molecule has 1 aliphatic rings. The maximum absolute atomic E-state index is 12.8. The van der Waals surface area contributed by atoms with Gasteiger partial charge < -0.3 is 10.1 Å². The number of hydrogen-bond acceptors (Lipinski definition) is 4. The molecule has 1 saturated heterocycles. The van der Waals surface area contributed by atoms with E-state index in [1.165, 1.54) is 4.31 Å². The van der Waals surface area contributed by atoms with Gasteiger partial charge in [0.1, 0.15) is 5.75 Å². The number of carbonyl (C=O) groups excluding carboxylic acids is 1. The molecule has 6 nitrogen and oxygen atoms in total. The first-order valence-corrected chi connectivity index (χ1v) is 11.0. The van der Waals surface area contributed by atoms with E-state index >= 15 is 0 Å². The number of nitrogens with zero attached hydrogens (tertiary/aromatic N) is 1. The highest BCUT2D eigenvalue weighted by molar-refractivity contribution is 7.89. The summed E-state index contributed by atoms with van der Waals surface area (Å²) in [5.41, 5.74) is 0.968. The molecule has 1 N–H and O–H groups in total. The lowest BCUT2D eigenvalue weighted by Gasteiger charge is -2.31. The normalized spacial score (nSPS) is 15.9. The molecule has 1 amide bonds. The molecule has 0 aromatic heterocycles. The van der Waals surface area contributed by atoms with Gasteiger partial charge in [0.2, 0.25) is 15.9 Å². The highest BCUT2D eigenvalue weighted by Crippen LogP contribution is 2.23. The lowest BCUT2D eigenvalue weighted by molar-refractivity contribution is -0.121. The van der Waals surface area contributed by atoms with Crippen molar-refractivity contribution < 1.29 is 17.9 Å². The molecule has 1 fully saturated rings. The van der Waals surface area contributed by atoms with Crippen molar-refractivity contribution in [3.63, 3.8) is 0 Å². The Morgan fingerprint density at radius 3 is 2.32 bits per heavy atom. The Bertz CT molecular complexity index is 874. The lowest BCUT2D eigenvalue weighted by atomic mass is 10.1. The Hall–Kier alpha value is -2.38. The minimum atomic E-state index is -3.53. The van der Waals surface area contributed by atoms with Crippen molar-refractivity contribution >= 4 is 15.9 Å². The van der Waals surface area contributed by atoms with Gasteiger partial charge in [0.15, 0.2) is 0 Å². The summed E-state index contributed by atoms with van der Waals surface area (Å²) >= 11 is 0. The third kappa shape index (κ3) is 5.11. The van der Waals surface area contributed by atoms with E-state index in [-0.39, 0.29) is 16.8 Å². The average molecular weight is 403 g/mol. The van der Waals surface area contributed by atoms with E-state index < -0.39 is 10.0 Å². The van der Waals surface area contributed by atoms with E-state index in [9.17, 15) is 13.2 Å². The Labute approximate surface area is 166 Å². The van der Waals surface area contributed by atoms with Crippen molar-refractivity contribution in [2.24, 2.45) is 0 Å². The highest BCUT2D eigenvalue weighted by Gasteiger charge is 2.29. The highest BCUT2D eigenvalue weighted by atomic mass is 32.2. The van der Waals surface area contributed by atoms with Gasteiger partial charge in [-0.25, -0.2) is 8.42 Å². The first-order valence-electron chi connectivity index (χ1n) is 9.55. The maximum Gasteiger partial charge on any atom is 0.243 e. The Morgan fingerprint density at radius 2 is 1.71 bits per heavy atom. The fourth-order valence-corrected chi connectivity index (χ4v) is 4.79. The second-order valence-corrected chi connectivity index (χ2v) is 8.75. The van der Waals surface area contributed by atoms with Crippen LogP contribution in [-0.4, -0.2) is 44.4 Å². The molecular weight excluding hydrogens is 376 g/mol. The van der Waals surface area contributed by atoms with E-state index in [0.29, 0.717) is 44.7 Å². The van der Waals surface area contributed by atoms with Crippen LogP contribution < -0.4 is 10.1 Å². The minimum absolute atomic E-state index is 0.00277. The molecule has 0 bridgehead atoms. The number of benzene rings is 2. The van der Waals surface area contributed by atoms with Crippen LogP contribution in [0.3, 0.4) is 0 Å². The zero-order chi connectivity index (χ0) is 20.0. The summed E-state index contributed by atoms with van der Waals surface area (Å²) < 4.78 is 32.5. The van der Waals surface area contributed by atoms with Crippen molar-refractivity contribution in [2.75, 3.05) is 19.7 Å². The van der Waals surface area contributed by atoms with Gasteiger partial charge in [-0.2, -0.15) is 4.31 Å². The number of piperidine rings is 1. The lowest BCUT2D eigenvalue weighted by Crippen LogP contribution is -2.46. The van der Waals surface area contributed by atoms with Crippen LogP contribution in [0.4, 0.5) is 0 Å². The van der Waals surface area contributed by atoms with Gasteiger partial charge in [-0.1, -0.05) is 30.3 Å². The zero-order valence-corrected chi connectivity index (χ0v) is 16.8. The number of nitrogens with one attached hydrogen (secondary N) is 1. The quantitative estimate of drug-likeness (QED) is 0.772. The Kier molecular flexibility index (Phi) is 6.70. The van der Waals surface area contributed by atoms with Crippen molar-refractivity contribution in [3.05, 3.63) is 60.2 Å². The first kappa shape index (κ1) is 20.4. The third-order valence-corrected chi connectivity index (χ3v) is 6.71. The number of sulfonamides is 1. The summed E-state index contributed by atoms with van der Waals surface area (Å²) in [5.74, 6) is 0.625. The second kappa shape index (κ2) is 9.21. The predicted molar refractivity (Wildman–Crippen MR) is 108 cm³/mol. The molecule has 0 saturated carbocycles. The van der Waals surface area contributed by atoms with Crippen LogP contribution in [0.15, 0.2) is 59.5 Å². The molecule has 0 radical (unpaired) electrons. The van der Waals surface area contributed by atoms with Crippen LogP contribution in [0, 0.1) is 0 Å². The summed E-state index contributed by atoms with van der Waals surface area (Å²) in [7, 11) is -3.53. The fraction of sp³-hybridized carbons (Fsp3) is 0.381. The maximum atomic E-state index is 12.8. The number of ether oxygens (including phenoxy) is 1. The van der Waals surface area contributed by atoms with E-state index in [2.05, 4.69) is 5.32 Å². The van der Waals surface area contributed by atoms with Crippen molar-refractivity contribution in [2.45, 2.75) is 37.1 Å². The van der Waals surface area contributed by atoms with Crippen LogP contribution in [0.2, 0.25) is 0 Å². The number of hydrogen-bond donors (Lipinski definition) is 1. The number of carbonyl (C=O) groups is 1. The van der Waals surface area contributed by atoms with Crippen LogP contribution in [0.25, 0.3) is 0 Å². The smallest absolute Gasteiger partial charge is 0.243 e. The van der Waals surface area contributed by atoms with E-state index in [1.807, 2.05) is 37.3 Å². The van der Waals surface area contributed by atoms with E-state index in [1.54, 1.807) is 24.3 Å². The summed E-state index contributed by atoms with van der Waals surface area (Å²) in [6.45, 7) is 3.21. The molecule has 2 aromatic rings. The van der Waals surface area contributed by atoms with Gasteiger partial charge in [0, 0.05) is 19.1 Å². The molecule has 0 atom stereocenters. The molecule has 0 aliphatic carbocycles. The molecule has 2 aromatic carbocycles. The topological polar surface area (TPSA) is 75.7 Å². The minimum Gasteiger partial charge on any atom is -0.494 e. The van der Waals surface area contributed by atoms with Gasteiger partial charge in [-0.05, 0) is 49.6 Å². The Balaban J connectivity index is 1.53. The van der Waals surface area contributed by atoms with Gasteiger partial charge in [0.05, 0.1) is 17.9 Å². The van der Waals surface area contributed by atoms with Gasteiger partial charge in [-0.15, -0.1) is 0 Å². The molecule has 7 heteroatoms. The number of amides is 1. The second-order valence-electron chi connectivity index (χ2n) is 6.81. The SMILES string of the molecule is CCOc1ccc(S(=O)(=O)N2CCC(NC(=O)Cc3ccccc3)CC2)cc1. The molecule has 0 spiro atoms. The van der Waals surface area contributed by atoms with Crippen molar-refractivity contribution in [1.82, 2.24) is 9.62 Å². The molecule has 150 valence electrons. The first-order chi connectivity index (χ1) is 13.5. The predicted octanol–water partition coefficient (Wildman–Crippen LogP) is 2.60. The summed E-state index contributed by atoms with van der Waals surface area (Å²) in [6, 6.07) is 16.1. The van der Waals surface area contributed by atoms with Crippen LogP contribution in [0.1, 0.15) is 25.3 Å². The van der Waals surface area contributed by atoms with Crippen LogP contribution >= 0.6 is 0 Å². The van der Waals surface area contributed by atoms with Gasteiger partial charge >= 0.3 is 0 Å². The molecular formula is C21H26N2O4S. The standard InChI is InChI=1S/C21H26N2O4S/c1-2-27-19-8-10-20(11-9-19)28(25,26)23-14-12-18(13-15-23)22-21(24)16-17-6-4-3-5-7-17/h3-11,18H,2,12-16H2,1H3,(H,22,24). The molecule has 3 rings (SSSR count). The zero-order valence-electron chi connectivity index (χ0n) is 16.0. The van der Waals surface area contributed by atoms with Crippen molar-refractivity contribution in [1.29, 1.82) is 0 Å². The third-order valence-electron chi connectivity index (χ3n) is 4.80. The Morgan fingerprint density at radius 1 is 1.07 bits per heavy atom. The molecule has 1 aliphatic heterocycles. The van der Waals surface area contributed by atoms with Crippen molar-refractivity contribution in [3.8, 4) is 5.75 Å². The van der Waals surface area contributed by atoms with Gasteiger partial charge in [-0.3, -0.25) is 4.79 Å². The monoisotopic (exact) mass is 402 g/mol. The molecule has 1 heterocycles. The fourth-order valence-electron chi connectivity index (χ4n) is 3.32. The molecule has 0 unspecified atom stereocenters. The van der Waals surface area contributed by atoms with Crippen LogP contribution in [0.5, 0.6) is 5.75 Å². The average Bonchev–Trinajstić information content (AvgIpc) is 2.70.